The molecule has 3 aromatic rings. The predicted molar refractivity (Wildman–Crippen MR) is 65.1 cm³/mol. The van der Waals surface area contributed by atoms with Gasteiger partial charge < -0.3 is 4.57 Å². The summed E-state index contributed by atoms with van der Waals surface area (Å²) in [6, 6.07) is 16.3. The number of para-hydroxylation sites is 2. The molecule has 0 atom stereocenters. The maximum atomic E-state index is 9.12. The second kappa shape index (κ2) is 3.11. The van der Waals surface area contributed by atoms with Crippen molar-refractivity contribution < 1.29 is 0 Å². The quantitative estimate of drug-likeness (QED) is 0.555. The lowest BCUT2D eigenvalue weighted by atomic mass is 10.1. The van der Waals surface area contributed by atoms with Crippen LogP contribution in [0.3, 0.4) is 0 Å². The van der Waals surface area contributed by atoms with Crippen LogP contribution in [0.2, 0.25) is 0 Å². The number of rotatable bonds is 0. The van der Waals surface area contributed by atoms with Crippen LogP contribution in [0.1, 0.15) is 5.56 Å². The Kier molecular flexibility index (Phi) is 1.75. The monoisotopic (exact) mass is 206 g/mol. The van der Waals surface area contributed by atoms with E-state index in [4.69, 9.17) is 5.26 Å². The van der Waals surface area contributed by atoms with Crippen molar-refractivity contribution in [1.82, 2.24) is 4.57 Å². The van der Waals surface area contributed by atoms with Crippen LogP contribution < -0.4 is 0 Å². The average molecular weight is 206 g/mol. The third kappa shape index (κ3) is 1.00. The van der Waals surface area contributed by atoms with Gasteiger partial charge in [0.25, 0.3) is 0 Å². The van der Waals surface area contributed by atoms with Crippen LogP contribution in [0.15, 0.2) is 42.5 Å². The molecule has 16 heavy (non-hydrogen) atoms. The minimum Gasteiger partial charge on any atom is -0.343 e. The zero-order chi connectivity index (χ0) is 11.1. The van der Waals surface area contributed by atoms with E-state index in [1.807, 2.05) is 31.3 Å². The van der Waals surface area contributed by atoms with Crippen molar-refractivity contribution >= 4 is 21.8 Å². The molecule has 0 aliphatic rings. The fourth-order valence-electron chi connectivity index (χ4n) is 2.33. The highest BCUT2D eigenvalue weighted by molar-refractivity contribution is 6.09. The Morgan fingerprint density at radius 1 is 1.00 bits per heavy atom. The number of benzene rings is 2. The molecule has 2 heteroatoms. The third-order valence-electron chi connectivity index (χ3n) is 3.05. The second-order valence-corrected chi connectivity index (χ2v) is 3.89. The van der Waals surface area contributed by atoms with Crippen molar-refractivity contribution in [2.24, 2.45) is 7.05 Å². The molecule has 0 saturated heterocycles. The van der Waals surface area contributed by atoms with E-state index in [0.29, 0.717) is 0 Å². The van der Waals surface area contributed by atoms with Gasteiger partial charge in [0.2, 0.25) is 0 Å². The summed E-state index contributed by atoms with van der Waals surface area (Å²) in [5, 5.41) is 11.5. The van der Waals surface area contributed by atoms with Crippen molar-refractivity contribution in [2.45, 2.75) is 0 Å². The average Bonchev–Trinajstić information content (AvgIpc) is 2.64. The Balaban J connectivity index is 2.68. The fraction of sp³-hybridized carbons (Fsp3) is 0.0714. The van der Waals surface area contributed by atoms with E-state index in [-0.39, 0.29) is 0 Å². The van der Waals surface area contributed by atoms with Crippen LogP contribution in [0.25, 0.3) is 21.8 Å². The molecule has 0 spiro atoms. The Bertz CT molecular complexity index is 729. The topological polar surface area (TPSA) is 28.7 Å². The van der Waals surface area contributed by atoms with Gasteiger partial charge in [-0.25, -0.2) is 0 Å². The summed E-state index contributed by atoms with van der Waals surface area (Å²) in [4.78, 5) is 0. The number of nitriles is 1. The highest BCUT2D eigenvalue weighted by Crippen LogP contribution is 2.29. The normalized spacial score (nSPS) is 10.8. The van der Waals surface area contributed by atoms with Crippen molar-refractivity contribution in [3.63, 3.8) is 0 Å². The number of nitrogens with zero attached hydrogens (tertiary/aromatic N) is 2. The Morgan fingerprint density at radius 2 is 1.75 bits per heavy atom. The highest BCUT2D eigenvalue weighted by Gasteiger charge is 2.09. The van der Waals surface area contributed by atoms with Gasteiger partial charge in [-0.2, -0.15) is 5.26 Å². The van der Waals surface area contributed by atoms with Crippen molar-refractivity contribution in [3.8, 4) is 6.07 Å². The van der Waals surface area contributed by atoms with Gasteiger partial charge in [0.15, 0.2) is 0 Å². The van der Waals surface area contributed by atoms with Crippen LogP contribution in [0.4, 0.5) is 0 Å². The van der Waals surface area contributed by atoms with E-state index in [1.165, 1.54) is 10.9 Å². The molecule has 0 N–H and O–H groups in total. The number of fused-ring (bicyclic) bond motifs is 3. The Labute approximate surface area is 93.3 Å². The molecule has 0 bridgehead atoms. The van der Waals surface area contributed by atoms with E-state index in [0.717, 1.165) is 16.5 Å². The van der Waals surface area contributed by atoms with Gasteiger partial charge in [-0.3, -0.25) is 0 Å². The molecular formula is C14H10N2. The van der Waals surface area contributed by atoms with Crippen LogP contribution in [0, 0.1) is 11.3 Å². The molecule has 0 fully saturated rings. The maximum Gasteiger partial charge on any atom is 0.101 e. The first-order valence-electron chi connectivity index (χ1n) is 5.19. The van der Waals surface area contributed by atoms with Crippen LogP contribution in [-0.2, 0) is 7.05 Å². The van der Waals surface area contributed by atoms with Gasteiger partial charge in [-0.15, -0.1) is 0 Å². The summed E-state index contributed by atoms with van der Waals surface area (Å²) in [6.45, 7) is 0. The number of hydrogen-bond donors (Lipinski definition) is 0. The maximum absolute atomic E-state index is 9.12. The lowest BCUT2D eigenvalue weighted by Crippen LogP contribution is -1.89. The molecule has 0 aliphatic heterocycles. The summed E-state index contributed by atoms with van der Waals surface area (Å²) in [6.07, 6.45) is 0. The molecule has 0 saturated carbocycles. The van der Waals surface area contributed by atoms with Gasteiger partial charge >= 0.3 is 0 Å². The molecule has 1 aromatic heterocycles. The van der Waals surface area contributed by atoms with E-state index in [2.05, 4.69) is 28.8 Å². The number of aryl methyl sites for hydroxylation is 1. The summed E-state index contributed by atoms with van der Waals surface area (Å²) in [5.74, 6) is 0. The van der Waals surface area contributed by atoms with Gasteiger partial charge in [0, 0.05) is 23.3 Å². The van der Waals surface area contributed by atoms with Crippen LogP contribution in [0.5, 0.6) is 0 Å². The summed E-state index contributed by atoms with van der Waals surface area (Å²) in [5.41, 5.74) is 2.92. The standard InChI is InChI=1S/C14H10N2/c1-16-13-8-3-2-6-11(13)12-7-4-5-10(9-15)14(12)16/h2-8H,1H3. The first-order valence-corrected chi connectivity index (χ1v) is 5.19. The largest absolute Gasteiger partial charge is 0.343 e. The highest BCUT2D eigenvalue weighted by atomic mass is 14.9. The lowest BCUT2D eigenvalue weighted by Gasteiger charge is -1.98. The molecule has 2 nitrogen and oxygen atoms in total. The molecular weight excluding hydrogens is 196 g/mol. The SMILES string of the molecule is Cn1c2ccccc2c2cccc(C#N)c21. The molecule has 2 aromatic carbocycles. The summed E-state index contributed by atoms with van der Waals surface area (Å²) in [7, 11) is 2.01. The lowest BCUT2D eigenvalue weighted by molar-refractivity contribution is 1.01. The van der Waals surface area contributed by atoms with E-state index < -0.39 is 0 Å². The molecule has 0 amide bonds. The van der Waals surface area contributed by atoms with Gasteiger partial charge in [0.05, 0.1) is 11.1 Å². The minimum absolute atomic E-state index is 0.733. The molecule has 3 rings (SSSR count). The molecule has 0 aliphatic carbocycles. The molecule has 0 unspecified atom stereocenters. The van der Waals surface area contributed by atoms with Gasteiger partial charge in [-0.1, -0.05) is 30.3 Å². The summed E-state index contributed by atoms with van der Waals surface area (Å²) >= 11 is 0. The van der Waals surface area contributed by atoms with Crippen molar-refractivity contribution in [1.29, 1.82) is 5.26 Å². The molecule has 1 heterocycles. The Hall–Kier alpha value is -2.27. The Morgan fingerprint density at radius 3 is 2.56 bits per heavy atom. The summed E-state index contributed by atoms with van der Waals surface area (Å²) < 4.78 is 2.09. The second-order valence-electron chi connectivity index (χ2n) is 3.89. The predicted octanol–water partition coefficient (Wildman–Crippen LogP) is 3.20. The van der Waals surface area contributed by atoms with E-state index in [9.17, 15) is 0 Å². The first kappa shape index (κ1) is 8.99. The van der Waals surface area contributed by atoms with Gasteiger partial charge in [-0.05, 0) is 12.1 Å². The number of hydrogen-bond acceptors (Lipinski definition) is 1. The zero-order valence-corrected chi connectivity index (χ0v) is 8.94. The van der Waals surface area contributed by atoms with Gasteiger partial charge in [0.1, 0.15) is 6.07 Å². The minimum atomic E-state index is 0.733. The number of aromatic nitrogens is 1. The third-order valence-corrected chi connectivity index (χ3v) is 3.05. The smallest absolute Gasteiger partial charge is 0.101 e. The molecule has 76 valence electrons. The van der Waals surface area contributed by atoms with Crippen LogP contribution >= 0.6 is 0 Å². The fourth-order valence-corrected chi connectivity index (χ4v) is 2.33. The van der Waals surface area contributed by atoms with E-state index >= 15 is 0 Å². The van der Waals surface area contributed by atoms with E-state index in [1.54, 1.807) is 0 Å². The first-order chi connectivity index (χ1) is 7.83. The van der Waals surface area contributed by atoms with Crippen LogP contribution in [-0.4, -0.2) is 4.57 Å². The van der Waals surface area contributed by atoms with Crippen molar-refractivity contribution in [3.05, 3.63) is 48.0 Å². The zero-order valence-electron chi connectivity index (χ0n) is 8.94. The van der Waals surface area contributed by atoms with Crippen molar-refractivity contribution in [2.75, 3.05) is 0 Å². The molecule has 0 radical (unpaired) electrons.